The number of nitrogens with one attached hydrogen (secondary N) is 1. The second-order valence-electron chi connectivity index (χ2n) is 8.73. The molecule has 2 atom stereocenters. The molecule has 3 aromatic rings. The first-order chi connectivity index (χ1) is 15.4. The largest absolute Gasteiger partial charge is 0.381 e. The maximum atomic E-state index is 15.5. The van der Waals surface area contributed by atoms with Crippen molar-refractivity contribution in [2.24, 2.45) is 5.92 Å². The lowest BCUT2D eigenvalue weighted by molar-refractivity contribution is -0.148. The lowest BCUT2D eigenvalue weighted by Crippen LogP contribution is -2.41. The zero-order valence-electron chi connectivity index (χ0n) is 17.6. The summed E-state index contributed by atoms with van der Waals surface area (Å²) >= 11 is 0. The van der Waals surface area contributed by atoms with Gasteiger partial charge in [-0.05, 0) is 56.7 Å². The fraction of sp³-hybridized carbons (Fsp3) is 0.478. The molecule has 166 valence electrons. The van der Waals surface area contributed by atoms with Gasteiger partial charge in [0.25, 0.3) is 5.91 Å². The Hall–Kier alpha value is -3.12. The molecule has 2 aromatic heterocycles. The molecule has 7 nitrogen and oxygen atoms in total. The Labute approximate surface area is 183 Å². The van der Waals surface area contributed by atoms with Gasteiger partial charge >= 0.3 is 5.92 Å². The van der Waals surface area contributed by atoms with Crippen LogP contribution < -0.4 is 5.32 Å². The van der Waals surface area contributed by atoms with Crippen molar-refractivity contribution in [2.75, 3.05) is 13.2 Å². The van der Waals surface area contributed by atoms with E-state index < -0.39 is 17.7 Å². The maximum Gasteiger partial charge on any atom is 0.381 e. The lowest BCUT2D eigenvalue weighted by atomic mass is 10.0. The summed E-state index contributed by atoms with van der Waals surface area (Å²) in [5, 5.41) is 12.3. The Morgan fingerprint density at radius 1 is 1.34 bits per heavy atom. The zero-order valence-corrected chi connectivity index (χ0v) is 17.6. The van der Waals surface area contributed by atoms with Gasteiger partial charge in [0.05, 0.1) is 35.0 Å². The van der Waals surface area contributed by atoms with Gasteiger partial charge in [0, 0.05) is 24.6 Å². The highest BCUT2D eigenvalue weighted by Crippen LogP contribution is 2.39. The maximum absolute atomic E-state index is 15.5. The van der Waals surface area contributed by atoms with E-state index in [0.29, 0.717) is 41.4 Å². The molecule has 1 aliphatic carbocycles. The van der Waals surface area contributed by atoms with Crippen LogP contribution in [0.1, 0.15) is 50.0 Å². The molecule has 1 saturated heterocycles. The Morgan fingerprint density at radius 3 is 2.88 bits per heavy atom. The molecule has 3 heterocycles. The number of carbonyl (C=O) groups excluding carboxylic acids is 1. The standard InChI is InChI=1S/C23H23F2N5O2/c1-13-8-16(6-7-32-13)30-20-17-9-15(10-26)4-5-18(17)27-12-19(20)29-21(30)23(24,25)22(31)28-11-14-2-3-14/h4-5,9,12-14,16H,2-3,6-8,11H2,1H3,(H,28,31)/t13-,16-/m1/s1. The van der Waals surface area contributed by atoms with E-state index in [1.807, 2.05) is 6.92 Å². The van der Waals surface area contributed by atoms with E-state index in [0.717, 1.165) is 12.8 Å². The summed E-state index contributed by atoms with van der Waals surface area (Å²) in [6.07, 6.45) is 4.26. The minimum absolute atomic E-state index is 0.112. The highest BCUT2D eigenvalue weighted by Gasteiger charge is 2.47. The smallest absolute Gasteiger partial charge is 0.378 e. The third-order valence-electron chi connectivity index (χ3n) is 6.28. The van der Waals surface area contributed by atoms with Gasteiger partial charge in [-0.1, -0.05) is 0 Å². The minimum Gasteiger partial charge on any atom is -0.378 e. The summed E-state index contributed by atoms with van der Waals surface area (Å²) in [4.78, 5) is 21.1. The van der Waals surface area contributed by atoms with Crippen molar-refractivity contribution in [1.29, 1.82) is 5.26 Å². The highest BCUT2D eigenvalue weighted by atomic mass is 19.3. The van der Waals surface area contributed by atoms with Crippen molar-refractivity contribution in [1.82, 2.24) is 19.9 Å². The number of hydrogen-bond acceptors (Lipinski definition) is 5. The monoisotopic (exact) mass is 439 g/mol. The number of ether oxygens (including phenoxy) is 1. The number of aromatic nitrogens is 3. The fourth-order valence-corrected chi connectivity index (χ4v) is 4.40. The molecule has 0 bridgehead atoms. The van der Waals surface area contributed by atoms with E-state index in [2.05, 4.69) is 21.4 Å². The lowest BCUT2D eigenvalue weighted by Gasteiger charge is -2.31. The zero-order chi connectivity index (χ0) is 22.5. The molecule has 2 fully saturated rings. The van der Waals surface area contributed by atoms with Gasteiger partial charge < -0.3 is 14.6 Å². The molecule has 1 aliphatic heterocycles. The molecule has 2 aliphatic rings. The predicted molar refractivity (Wildman–Crippen MR) is 113 cm³/mol. The molecule has 1 saturated carbocycles. The van der Waals surface area contributed by atoms with Crippen molar-refractivity contribution >= 4 is 27.8 Å². The van der Waals surface area contributed by atoms with Crippen LogP contribution in [-0.4, -0.2) is 39.7 Å². The number of benzene rings is 1. The Kier molecular flexibility index (Phi) is 5.05. The van der Waals surface area contributed by atoms with Crippen LogP contribution in [0.3, 0.4) is 0 Å². The number of nitriles is 1. The van der Waals surface area contributed by atoms with Crippen molar-refractivity contribution in [2.45, 2.75) is 50.7 Å². The van der Waals surface area contributed by atoms with Gasteiger partial charge in [0.1, 0.15) is 5.52 Å². The van der Waals surface area contributed by atoms with Crippen LogP contribution in [0.5, 0.6) is 0 Å². The van der Waals surface area contributed by atoms with Crippen LogP contribution >= 0.6 is 0 Å². The third kappa shape index (κ3) is 3.58. The summed E-state index contributed by atoms with van der Waals surface area (Å²) in [7, 11) is 0. The normalized spacial score (nSPS) is 21.6. The van der Waals surface area contributed by atoms with Crippen molar-refractivity contribution in [3.63, 3.8) is 0 Å². The Bertz CT molecular complexity index is 1240. The third-order valence-corrected chi connectivity index (χ3v) is 6.28. The molecule has 5 rings (SSSR count). The van der Waals surface area contributed by atoms with Crippen LogP contribution in [-0.2, 0) is 15.5 Å². The van der Waals surface area contributed by atoms with Crippen LogP contribution in [0, 0.1) is 17.2 Å². The summed E-state index contributed by atoms with van der Waals surface area (Å²) in [5.41, 5.74) is 1.72. The second-order valence-corrected chi connectivity index (χ2v) is 8.73. The van der Waals surface area contributed by atoms with Gasteiger partial charge in [0.15, 0.2) is 5.82 Å². The van der Waals surface area contributed by atoms with E-state index in [9.17, 15) is 10.1 Å². The Morgan fingerprint density at radius 2 is 2.16 bits per heavy atom. The van der Waals surface area contributed by atoms with Crippen LogP contribution in [0.15, 0.2) is 24.4 Å². The number of pyridine rings is 1. The number of nitrogens with zero attached hydrogens (tertiary/aromatic N) is 4. The molecule has 9 heteroatoms. The molecule has 1 amide bonds. The summed E-state index contributed by atoms with van der Waals surface area (Å²) < 4.78 is 38.2. The van der Waals surface area contributed by atoms with Crippen molar-refractivity contribution < 1.29 is 18.3 Å². The van der Waals surface area contributed by atoms with E-state index in [4.69, 9.17) is 4.74 Å². The number of amides is 1. The van der Waals surface area contributed by atoms with Crippen LogP contribution in [0.2, 0.25) is 0 Å². The Balaban J connectivity index is 1.71. The first-order valence-electron chi connectivity index (χ1n) is 10.9. The molecule has 0 radical (unpaired) electrons. The summed E-state index contributed by atoms with van der Waals surface area (Å²) in [5.74, 6) is -5.45. The minimum atomic E-state index is -3.81. The molecule has 0 spiro atoms. The van der Waals surface area contributed by atoms with Gasteiger partial charge in [-0.15, -0.1) is 0 Å². The molecule has 32 heavy (non-hydrogen) atoms. The molecule has 0 unspecified atom stereocenters. The SMILES string of the molecule is C[C@@H]1C[C@H](n2c(C(F)(F)C(=O)NCC3CC3)nc3cnc4ccc(C#N)cc4c32)CCO1. The second kappa shape index (κ2) is 7.78. The highest BCUT2D eigenvalue weighted by molar-refractivity contribution is 6.03. The van der Waals surface area contributed by atoms with Gasteiger partial charge in [-0.3, -0.25) is 9.78 Å². The van der Waals surface area contributed by atoms with Crippen LogP contribution in [0.4, 0.5) is 8.78 Å². The summed E-state index contributed by atoms with van der Waals surface area (Å²) in [6, 6.07) is 6.74. The van der Waals surface area contributed by atoms with E-state index in [1.165, 1.54) is 10.8 Å². The molecule has 1 aromatic carbocycles. The number of hydrogen-bond donors (Lipinski definition) is 1. The van der Waals surface area contributed by atoms with Gasteiger partial charge in [0.2, 0.25) is 0 Å². The quantitative estimate of drug-likeness (QED) is 0.653. The van der Waals surface area contributed by atoms with Crippen molar-refractivity contribution in [3.8, 4) is 6.07 Å². The molecule has 1 N–H and O–H groups in total. The van der Waals surface area contributed by atoms with Crippen molar-refractivity contribution in [3.05, 3.63) is 35.8 Å². The van der Waals surface area contributed by atoms with Gasteiger partial charge in [-0.25, -0.2) is 4.98 Å². The van der Waals surface area contributed by atoms with Crippen LogP contribution in [0.25, 0.3) is 21.9 Å². The number of alkyl halides is 2. The van der Waals surface area contributed by atoms with E-state index in [1.54, 1.807) is 18.2 Å². The number of fused-ring (bicyclic) bond motifs is 3. The number of halogens is 2. The topological polar surface area (TPSA) is 92.8 Å². The number of rotatable bonds is 5. The number of carbonyl (C=O) groups is 1. The molecular weight excluding hydrogens is 416 g/mol. The fourth-order valence-electron chi connectivity index (χ4n) is 4.40. The van der Waals surface area contributed by atoms with E-state index in [-0.39, 0.29) is 30.1 Å². The first kappa shape index (κ1) is 20.8. The average molecular weight is 439 g/mol. The molecular formula is C23H23F2N5O2. The average Bonchev–Trinajstić information content (AvgIpc) is 3.53. The number of imidazole rings is 1. The van der Waals surface area contributed by atoms with Gasteiger partial charge in [-0.2, -0.15) is 14.0 Å². The first-order valence-corrected chi connectivity index (χ1v) is 10.9. The summed E-state index contributed by atoms with van der Waals surface area (Å²) in [6.45, 7) is 2.58. The van der Waals surface area contributed by atoms with E-state index >= 15 is 8.78 Å². The predicted octanol–water partition coefficient (Wildman–Crippen LogP) is 3.81.